The van der Waals surface area contributed by atoms with Gasteiger partial charge in [0.2, 0.25) is 5.91 Å². The molecular formula is C15H19NO4. The second kappa shape index (κ2) is 6.84. The summed E-state index contributed by atoms with van der Waals surface area (Å²) in [7, 11) is 0. The molecule has 0 aromatic heterocycles. The summed E-state index contributed by atoms with van der Waals surface area (Å²) >= 11 is 0. The van der Waals surface area contributed by atoms with Crippen molar-refractivity contribution >= 4 is 17.7 Å². The number of benzene rings is 1. The first kappa shape index (κ1) is 15.9. The maximum atomic E-state index is 12.1. The lowest BCUT2D eigenvalue weighted by molar-refractivity contribution is -0.145. The smallest absolute Gasteiger partial charge is 0.323 e. The Morgan fingerprint density at radius 2 is 1.70 bits per heavy atom. The van der Waals surface area contributed by atoms with Crippen LogP contribution >= 0.6 is 0 Å². The summed E-state index contributed by atoms with van der Waals surface area (Å²) in [6.07, 6.45) is 0.129. The number of rotatable bonds is 6. The number of carbonyl (C=O) groups excluding carboxylic acids is 2. The molecule has 0 fully saturated rings. The van der Waals surface area contributed by atoms with Gasteiger partial charge in [0.05, 0.1) is 6.42 Å². The molecule has 1 rings (SSSR count). The highest BCUT2D eigenvalue weighted by molar-refractivity contribution is 5.94. The molecule has 0 aliphatic carbocycles. The molecule has 0 heterocycles. The number of amides is 1. The lowest BCUT2D eigenvalue weighted by Gasteiger charge is -2.25. The number of hydrogen-bond acceptors (Lipinski definition) is 3. The van der Waals surface area contributed by atoms with Crippen molar-refractivity contribution in [2.75, 3.05) is 6.54 Å². The molecule has 0 atom stereocenters. The third-order valence-corrected chi connectivity index (χ3v) is 2.97. The van der Waals surface area contributed by atoms with E-state index >= 15 is 0 Å². The summed E-state index contributed by atoms with van der Waals surface area (Å²) in [6.45, 7) is 4.73. The van der Waals surface area contributed by atoms with Crippen LogP contribution in [-0.4, -0.2) is 40.3 Å². The minimum Gasteiger partial charge on any atom is -0.480 e. The van der Waals surface area contributed by atoms with Crippen LogP contribution in [0.25, 0.3) is 0 Å². The topological polar surface area (TPSA) is 74.7 Å². The number of carboxylic acid groups (broad SMARTS) is 1. The van der Waals surface area contributed by atoms with Crippen LogP contribution in [0.2, 0.25) is 0 Å². The molecule has 5 heteroatoms. The fraction of sp³-hybridized carbons (Fsp3) is 0.400. The van der Waals surface area contributed by atoms with E-state index in [4.69, 9.17) is 5.11 Å². The van der Waals surface area contributed by atoms with Crippen LogP contribution in [0.3, 0.4) is 0 Å². The lowest BCUT2D eigenvalue weighted by atomic mass is 10.1. The average molecular weight is 277 g/mol. The Kier molecular flexibility index (Phi) is 5.43. The van der Waals surface area contributed by atoms with Crippen molar-refractivity contribution in [3.05, 3.63) is 35.4 Å². The Balaban J connectivity index is 2.77. The van der Waals surface area contributed by atoms with E-state index in [-0.39, 0.29) is 30.7 Å². The predicted molar refractivity (Wildman–Crippen MR) is 74.6 cm³/mol. The van der Waals surface area contributed by atoms with E-state index in [0.29, 0.717) is 5.56 Å². The highest BCUT2D eigenvalue weighted by Crippen LogP contribution is 2.09. The minimum absolute atomic E-state index is 0.0300. The molecule has 1 amide bonds. The van der Waals surface area contributed by atoms with Gasteiger partial charge in [0.25, 0.3) is 0 Å². The van der Waals surface area contributed by atoms with Gasteiger partial charge in [-0.3, -0.25) is 14.4 Å². The number of carbonyl (C=O) groups is 3. The molecular weight excluding hydrogens is 258 g/mol. The number of Topliss-reactive ketones (excluding diaryl/α,β-unsaturated/α-hetero) is 1. The first-order valence-corrected chi connectivity index (χ1v) is 6.42. The zero-order valence-corrected chi connectivity index (χ0v) is 11.9. The molecule has 1 N–H and O–H groups in total. The monoisotopic (exact) mass is 277 g/mol. The molecule has 5 nitrogen and oxygen atoms in total. The van der Waals surface area contributed by atoms with E-state index in [1.807, 2.05) is 0 Å². The molecule has 0 saturated heterocycles. The molecule has 20 heavy (non-hydrogen) atoms. The van der Waals surface area contributed by atoms with Gasteiger partial charge < -0.3 is 10.0 Å². The number of hydrogen-bond donors (Lipinski definition) is 1. The summed E-state index contributed by atoms with van der Waals surface area (Å²) < 4.78 is 0. The van der Waals surface area contributed by atoms with E-state index in [9.17, 15) is 14.4 Å². The third-order valence-electron chi connectivity index (χ3n) is 2.97. The number of carboxylic acids is 1. The fourth-order valence-electron chi connectivity index (χ4n) is 1.84. The van der Waals surface area contributed by atoms with Gasteiger partial charge in [-0.05, 0) is 26.3 Å². The molecule has 1 aromatic rings. The maximum absolute atomic E-state index is 12.1. The van der Waals surface area contributed by atoms with Crippen LogP contribution < -0.4 is 0 Å². The van der Waals surface area contributed by atoms with Gasteiger partial charge in [0.15, 0.2) is 5.78 Å². The normalized spacial score (nSPS) is 10.4. The van der Waals surface area contributed by atoms with E-state index < -0.39 is 5.97 Å². The molecule has 0 unspecified atom stereocenters. The Labute approximate surface area is 118 Å². The maximum Gasteiger partial charge on any atom is 0.323 e. The standard InChI is InChI=1S/C15H19NO4/c1-10(2)16(9-15(19)20)14(18)8-12-4-6-13(7-5-12)11(3)17/h4-7,10H,8-9H2,1-3H3,(H,19,20). The van der Waals surface area contributed by atoms with Crippen molar-refractivity contribution in [2.24, 2.45) is 0 Å². The Hall–Kier alpha value is -2.17. The van der Waals surface area contributed by atoms with Crippen molar-refractivity contribution in [2.45, 2.75) is 33.2 Å². The Bertz CT molecular complexity index is 505. The lowest BCUT2D eigenvalue weighted by Crippen LogP contribution is -2.41. The van der Waals surface area contributed by atoms with Gasteiger partial charge in [-0.1, -0.05) is 24.3 Å². The second-order valence-corrected chi connectivity index (χ2v) is 4.94. The van der Waals surface area contributed by atoms with Crippen LogP contribution in [0.5, 0.6) is 0 Å². The molecule has 0 saturated carbocycles. The predicted octanol–water partition coefficient (Wildman–Crippen LogP) is 1.75. The Morgan fingerprint density at radius 1 is 1.15 bits per heavy atom. The average Bonchev–Trinajstić information content (AvgIpc) is 2.35. The van der Waals surface area contributed by atoms with Crippen molar-refractivity contribution in [3.63, 3.8) is 0 Å². The highest BCUT2D eigenvalue weighted by atomic mass is 16.4. The summed E-state index contributed by atoms with van der Waals surface area (Å²) in [4.78, 5) is 35.3. The van der Waals surface area contributed by atoms with Gasteiger partial charge >= 0.3 is 5.97 Å². The quantitative estimate of drug-likeness (QED) is 0.804. The van der Waals surface area contributed by atoms with Crippen LogP contribution in [0.1, 0.15) is 36.7 Å². The van der Waals surface area contributed by atoms with E-state index in [2.05, 4.69) is 0 Å². The van der Waals surface area contributed by atoms with Crippen LogP contribution in [0, 0.1) is 0 Å². The summed E-state index contributed by atoms with van der Waals surface area (Å²) in [5.74, 6) is -1.30. The van der Waals surface area contributed by atoms with Crippen LogP contribution in [-0.2, 0) is 16.0 Å². The van der Waals surface area contributed by atoms with Crippen molar-refractivity contribution < 1.29 is 19.5 Å². The van der Waals surface area contributed by atoms with Crippen molar-refractivity contribution in [1.82, 2.24) is 4.90 Å². The number of nitrogens with zero attached hydrogens (tertiary/aromatic N) is 1. The molecule has 0 spiro atoms. The van der Waals surface area contributed by atoms with Gasteiger partial charge in [-0.2, -0.15) is 0 Å². The van der Waals surface area contributed by atoms with Crippen LogP contribution in [0.4, 0.5) is 0 Å². The summed E-state index contributed by atoms with van der Waals surface area (Å²) in [5.41, 5.74) is 1.35. The first-order valence-electron chi connectivity index (χ1n) is 6.42. The van der Waals surface area contributed by atoms with Gasteiger partial charge in [-0.15, -0.1) is 0 Å². The van der Waals surface area contributed by atoms with E-state index in [1.165, 1.54) is 11.8 Å². The van der Waals surface area contributed by atoms with E-state index in [0.717, 1.165) is 5.56 Å². The van der Waals surface area contributed by atoms with Crippen molar-refractivity contribution in [1.29, 1.82) is 0 Å². The van der Waals surface area contributed by atoms with Gasteiger partial charge in [0, 0.05) is 11.6 Å². The number of aliphatic carboxylic acids is 1. The first-order chi connectivity index (χ1) is 9.31. The summed E-state index contributed by atoms with van der Waals surface area (Å²) in [6, 6.07) is 6.60. The molecule has 0 radical (unpaired) electrons. The molecule has 1 aromatic carbocycles. The molecule has 0 aliphatic heterocycles. The fourth-order valence-corrected chi connectivity index (χ4v) is 1.84. The van der Waals surface area contributed by atoms with E-state index in [1.54, 1.807) is 38.1 Å². The largest absolute Gasteiger partial charge is 0.480 e. The highest BCUT2D eigenvalue weighted by Gasteiger charge is 2.19. The number of ketones is 1. The van der Waals surface area contributed by atoms with Gasteiger partial charge in [-0.25, -0.2) is 0 Å². The van der Waals surface area contributed by atoms with Crippen molar-refractivity contribution in [3.8, 4) is 0 Å². The SMILES string of the molecule is CC(=O)c1ccc(CC(=O)N(CC(=O)O)C(C)C)cc1. The minimum atomic E-state index is -1.03. The molecule has 0 bridgehead atoms. The van der Waals surface area contributed by atoms with Gasteiger partial charge in [0.1, 0.15) is 6.54 Å². The summed E-state index contributed by atoms with van der Waals surface area (Å²) in [5, 5.41) is 8.81. The van der Waals surface area contributed by atoms with Crippen LogP contribution in [0.15, 0.2) is 24.3 Å². The zero-order chi connectivity index (χ0) is 15.3. The third kappa shape index (κ3) is 4.50. The molecule has 0 aliphatic rings. The molecule has 108 valence electrons. The second-order valence-electron chi connectivity index (χ2n) is 4.94. The zero-order valence-electron chi connectivity index (χ0n) is 11.9. The Morgan fingerprint density at radius 3 is 2.10 bits per heavy atom.